The molecule has 1 unspecified atom stereocenters. The molecule has 0 bridgehead atoms. The van der Waals surface area contributed by atoms with E-state index in [9.17, 15) is 0 Å². The monoisotopic (exact) mass is 670 g/mol. The average Bonchev–Trinajstić information content (AvgIpc) is 3.77. The third kappa shape index (κ3) is 8.18. The van der Waals surface area contributed by atoms with Crippen LogP contribution < -0.4 is 0 Å². The quantitative estimate of drug-likeness (QED) is 0.197. The van der Waals surface area contributed by atoms with Crippen molar-refractivity contribution in [2.24, 2.45) is 17.3 Å². The molecule has 0 amide bonds. The average molecular weight is 670 g/mol. The lowest BCUT2D eigenvalue weighted by Gasteiger charge is -2.58. The highest BCUT2D eigenvalue weighted by atomic mass is 15.4. The predicted molar refractivity (Wildman–Crippen MR) is 204 cm³/mol. The Labute approximate surface area is 298 Å². The maximum absolute atomic E-state index is 2.85. The van der Waals surface area contributed by atoms with Crippen LogP contribution in [0.25, 0.3) is 0 Å². The van der Waals surface area contributed by atoms with Crippen LogP contribution in [0.5, 0.6) is 0 Å². The van der Waals surface area contributed by atoms with Crippen molar-refractivity contribution in [3.63, 3.8) is 0 Å². The molecule has 5 heterocycles. The molecule has 5 saturated heterocycles. The highest BCUT2D eigenvalue weighted by Gasteiger charge is 2.49. The number of piperidine rings is 1. The lowest BCUT2D eigenvalue weighted by molar-refractivity contribution is -0.0791. The fraction of sp³-hybridized carbons (Fsp3) is 1.00. The van der Waals surface area contributed by atoms with E-state index in [1.807, 2.05) is 0 Å². The molecule has 6 rings (SSSR count). The Morgan fingerprint density at radius 1 is 0.625 bits per heavy atom. The van der Waals surface area contributed by atoms with Gasteiger partial charge in [-0.3, -0.25) is 19.6 Å². The molecular weight excluding hydrogens is 591 g/mol. The van der Waals surface area contributed by atoms with Gasteiger partial charge in [0.1, 0.15) is 0 Å². The van der Waals surface area contributed by atoms with E-state index in [0.29, 0.717) is 11.0 Å². The summed E-state index contributed by atoms with van der Waals surface area (Å²) in [6.45, 7) is 35.7. The molecule has 0 aromatic heterocycles. The van der Waals surface area contributed by atoms with Gasteiger partial charge in [0, 0.05) is 80.1 Å². The van der Waals surface area contributed by atoms with Crippen LogP contribution in [0.4, 0.5) is 0 Å². The summed E-state index contributed by atoms with van der Waals surface area (Å²) in [7, 11) is 6.84. The lowest BCUT2D eigenvalue weighted by Crippen LogP contribution is -2.71. The second kappa shape index (κ2) is 13.9. The zero-order valence-corrected chi connectivity index (χ0v) is 33.8. The van der Waals surface area contributed by atoms with Crippen molar-refractivity contribution in [2.45, 2.75) is 147 Å². The normalized spacial score (nSPS) is 27.9. The van der Waals surface area contributed by atoms with Gasteiger partial charge in [0.15, 0.2) is 0 Å². The SMILES string of the molecule is CN(CCC(C)(C)N1CC(C)(N(C)C)C1)CC1CN(C(C)(C)CCC(C)(CC(C)(C)N2CC(N3CCC3)C2)C2CCN(C3CC3)CC2)C1. The first-order valence-corrected chi connectivity index (χ1v) is 20.5. The molecule has 48 heavy (non-hydrogen) atoms. The second-order valence-corrected chi connectivity index (χ2v) is 20.8. The van der Waals surface area contributed by atoms with Crippen LogP contribution in [0.1, 0.15) is 113 Å². The fourth-order valence-corrected chi connectivity index (χ4v) is 10.4. The Bertz CT molecular complexity index is 1050. The molecule has 278 valence electrons. The van der Waals surface area contributed by atoms with E-state index in [2.05, 4.69) is 111 Å². The first kappa shape index (κ1) is 37.5. The van der Waals surface area contributed by atoms with Gasteiger partial charge in [-0.15, -0.1) is 0 Å². The Hall–Kier alpha value is -0.280. The molecule has 6 fully saturated rings. The number of likely N-dealkylation sites (tertiary alicyclic amines) is 5. The number of likely N-dealkylation sites (N-methyl/N-ethyl adjacent to an activating group) is 1. The molecule has 1 saturated carbocycles. The summed E-state index contributed by atoms with van der Waals surface area (Å²) in [4.78, 5) is 19.0. The van der Waals surface area contributed by atoms with Gasteiger partial charge < -0.3 is 14.7 Å². The highest BCUT2D eigenvalue weighted by Crippen LogP contribution is 2.49. The fourth-order valence-electron chi connectivity index (χ4n) is 10.4. The van der Waals surface area contributed by atoms with Crippen LogP contribution in [-0.2, 0) is 0 Å². The molecule has 0 spiro atoms. The predicted octanol–water partition coefficient (Wildman–Crippen LogP) is 5.65. The van der Waals surface area contributed by atoms with Crippen LogP contribution in [-0.4, -0.2) is 168 Å². The minimum atomic E-state index is 0.277. The molecule has 0 aromatic rings. The molecular formula is C41H79N7. The van der Waals surface area contributed by atoms with Crippen molar-refractivity contribution in [3.8, 4) is 0 Å². The topological polar surface area (TPSA) is 22.7 Å². The summed E-state index contributed by atoms with van der Waals surface area (Å²) < 4.78 is 0. The molecule has 7 nitrogen and oxygen atoms in total. The lowest BCUT2D eigenvalue weighted by atomic mass is 9.62. The van der Waals surface area contributed by atoms with Gasteiger partial charge in [-0.1, -0.05) is 6.92 Å². The summed E-state index contributed by atoms with van der Waals surface area (Å²) in [6.07, 6.45) is 12.5. The number of hydrogen-bond acceptors (Lipinski definition) is 7. The van der Waals surface area contributed by atoms with Gasteiger partial charge >= 0.3 is 0 Å². The van der Waals surface area contributed by atoms with Crippen molar-refractivity contribution >= 4 is 0 Å². The third-order valence-corrected chi connectivity index (χ3v) is 15.3. The summed E-state index contributed by atoms with van der Waals surface area (Å²) in [6, 6.07) is 1.76. The van der Waals surface area contributed by atoms with Gasteiger partial charge in [0.05, 0.1) is 0 Å². The third-order valence-electron chi connectivity index (χ3n) is 15.3. The number of nitrogens with zero attached hydrogens (tertiary/aromatic N) is 7. The summed E-state index contributed by atoms with van der Waals surface area (Å²) in [5, 5.41) is 0. The van der Waals surface area contributed by atoms with E-state index in [1.54, 1.807) is 0 Å². The zero-order chi connectivity index (χ0) is 34.7. The minimum absolute atomic E-state index is 0.277. The molecule has 6 aliphatic rings. The molecule has 7 heteroatoms. The summed E-state index contributed by atoms with van der Waals surface area (Å²) in [5.74, 6) is 1.69. The number of rotatable bonds is 17. The smallest absolute Gasteiger partial charge is 0.0429 e. The van der Waals surface area contributed by atoms with Crippen molar-refractivity contribution in [1.29, 1.82) is 0 Å². The van der Waals surface area contributed by atoms with E-state index >= 15 is 0 Å². The Morgan fingerprint density at radius 2 is 1.19 bits per heavy atom. The molecule has 0 N–H and O–H groups in total. The number of hydrogen-bond donors (Lipinski definition) is 0. The van der Waals surface area contributed by atoms with E-state index in [4.69, 9.17) is 0 Å². The van der Waals surface area contributed by atoms with E-state index in [-0.39, 0.29) is 16.6 Å². The first-order chi connectivity index (χ1) is 22.4. The van der Waals surface area contributed by atoms with E-state index in [1.165, 1.54) is 136 Å². The van der Waals surface area contributed by atoms with Crippen molar-refractivity contribution in [3.05, 3.63) is 0 Å². The maximum Gasteiger partial charge on any atom is 0.0429 e. The maximum atomic E-state index is 2.85. The van der Waals surface area contributed by atoms with E-state index < -0.39 is 0 Å². The van der Waals surface area contributed by atoms with Crippen LogP contribution in [0.3, 0.4) is 0 Å². The molecule has 1 atom stereocenters. The van der Waals surface area contributed by atoms with Crippen LogP contribution in [0, 0.1) is 17.3 Å². The largest absolute Gasteiger partial charge is 0.306 e. The van der Waals surface area contributed by atoms with Crippen LogP contribution in [0.15, 0.2) is 0 Å². The highest BCUT2D eigenvalue weighted by molar-refractivity contribution is 5.05. The standard InChI is InChI=1S/C41H79N7/c1-37(2,46-26-33(27-46)25-43(11)24-19-38(3,4)48-31-41(8,32-48)42(9)10)17-18-40(7,34-15-22-45(23-16-34)35-13-14-35)30-39(5,6)47-28-36(29-47)44-20-12-21-44/h33-36H,12-32H2,1-11H3. The van der Waals surface area contributed by atoms with Crippen molar-refractivity contribution < 1.29 is 0 Å². The van der Waals surface area contributed by atoms with E-state index in [0.717, 1.165) is 23.9 Å². The summed E-state index contributed by atoms with van der Waals surface area (Å²) in [5.41, 5.74) is 1.61. The Kier molecular flexibility index (Phi) is 10.9. The van der Waals surface area contributed by atoms with Gasteiger partial charge in [0.25, 0.3) is 0 Å². The Morgan fingerprint density at radius 3 is 1.73 bits per heavy atom. The van der Waals surface area contributed by atoms with Crippen LogP contribution in [0.2, 0.25) is 0 Å². The van der Waals surface area contributed by atoms with Gasteiger partial charge in [0.2, 0.25) is 0 Å². The van der Waals surface area contributed by atoms with Crippen molar-refractivity contribution in [2.75, 3.05) is 99.7 Å². The molecule has 1 aliphatic carbocycles. The second-order valence-electron chi connectivity index (χ2n) is 20.8. The van der Waals surface area contributed by atoms with Crippen LogP contribution >= 0.6 is 0 Å². The van der Waals surface area contributed by atoms with Crippen molar-refractivity contribution in [1.82, 2.24) is 34.3 Å². The summed E-state index contributed by atoms with van der Waals surface area (Å²) >= 11 is 0. The van der Waals surface area contributed by atoms with Gasteiger partial charge in [-0.25, -0.2) is 0 Å². The molecule has 5 aliphatic heterocycles. The Balaban J connectivity index is 0.974. The minimum Gasteiger partial charge on any atom is -0.306 e. The van der Waals surface area contributed by atoms with Gasteiger partial charge in [-0.2, -0.15) is 0 Å². The molecule has 0 radical (unpaired) electrons. The molecule has 0 aromatic carbocycles. The van der Waals surface area contributed by atoms with Gasteiger partial charge in [-0.05, 0) is 177 Å². The first-order valence-electron chi connectivity index (χ1n) is 20.5. The zero-order valence-electron chi connectivity index (χ0n) is 33.8.